The van der Waals surface area contributed by atoms with Crippen LogP contribution in [-0.2, 0) is 4.79 Å². The Morgan fingerprint density at radius 3 is 3.00 bits per heavy atom. The van der Waals surface area contributed by atoms with Crippen molar-refractivity contribution in [3.8, 4) is 11.4 Å². The number of rotatable bonds is 6. The third-order valence-electron chi connectivity index (χ3n) is 2.54. The maximum absolute atomic E-state index is 11.7. The van der Waals surface area contributed by atoms with Crippen LogP contribution >= 0.6 is 11.6 Å². The smallest absolute Gasteiger partial charge is 0.224 e. The summed E-state index contributed by atoms with van der Waals surface area (Å²) < 4.78 is 0. The van der Waals surface area contributed by atoms with E-state index < -0.39 is 0 Å². The molecule has 0 radical (unpaired) electrons. The first-order valence-electron chi connectivity index (χ1n) is 5.99. The van der Waals surface area contributed by atoms with Crippen LogP contribution in [0.1, 0.15) is 19.3 Å². The highest BCUT2D eigenvalue weighted by molar-refractivity contribution is 6.17. The molecular formula is C12H14ClN5O. The van der Waals surface area contributed by atoms with E-state index in [0.717, 1.165) is 24.1 Å². The molecule has 19 heavy (non-hydrogen) atoms. The molecule has 0 atom stereocenters. The fraction of sp³-hybridized carbons (Fsp3) is 0.333. The summed E-state index contributed by atoms with van der Waals surface area (Å²) in [5, 5.41) is 16.5. The number of unbranched alkanes of at least 4 members (excludes halogenated alkanes) is 1. The van der Waals surface area contributed by atoms with E-state index >= 15 is 0 Å². The van der Waals surface area contributed by atoms with Gasteiger partial charge in [0.1, 0.15) is 0 Å². The number of hydrogen-bond acceptors (Lipinski definition) is 4. The summed E-state index contributed by atoms with van der Waals surface area (Å²) in [5.41, 5.74) is 1.52. The van der Waals surface area contributed by atoms with Crippen LogP contribution in [-0.4, -0.2) is 32.4 Å². The van der Waals surface area contributed by atoms with Crippen LogP contribution < -0.4 is 5.32 Å². The van der Waals surface area contributed by atoms with E-state index in [1.165, 1.54) is 0 Å². The average Bonchev–Trinajstić information content (AvgIpc) is 2.93. The van der Waals surface area contributed by atoms with E-state index in [4.69, 9.17) is 11.6 Å². The van der Waals surface area contributed by atoms with Crippen LogP contribution in [0.4, 0.5) is 5.69 Å². The second-order valence-corrected chi connectivity index (χ2v) is 4.39. The normalized spacial score (nSPS) is 10.4. The van der Waals surface area contributed by atoms with Gasteiger partial charge in [-0.05, 0) is 30.2 Å². The molecule has 0 spiro atoms. The minimum absolute atomic E-state index is 0.0182. The van der Waals surface area contributed by atoms with Gasteiger partial charge >= 0.3 is 0 Å². The van der Waals surface area contributed by atoms with Gasteiger partial charge in [0.2, 0.25) is 11.7 Å². The Kier molecular flexibility index (Phi) is 4.85. The van der Waals surface area contributed by atoms with Crippen LogP contribution in [0, 0.1) is 0 Å². The Hall–Kier alpha value is -1.95. The van der Waals surface area contributed by atoms with E-state index in [-0.39, 0.29) is 5.91 Å². The minimum Gasteiger partial charge on any atom is -0.326 e. The molecule has 1 amide bonds. The number of carbonyl (C=O) groups is 1. The molecule has 2 N–H and O–H groups in total. The zero-order valence-corrected chi connectivity index (χ0v) is 11.0. The third-order valence-corrected chi connectivity index (χ3v) is 2.80. The van der Waals surface area contributed by atoms with Crippen LogP contribution in [0.25, 0.3) is 11.4 Å². The number of tetrazole rings is 1. The van der Waals surface area contributed by atoms with Crippen molar-refractivity contribution in [3.05, 3.63) is 24.3 Å². The summed E-state index contributed by atoms with van der Waals surface area (Å²) >= 11 is 5.57. The molecule has 1 heterocycles. The quantitative estimate of drug-likeness (QED) is 0.627. The second kappa shape index (κ2) is 6.84. The summed E-state index contributed by atoms with van der Waals surface area (Å²) in [6.45, 7) is 0. The van der Waals surface area contributed by atoms with Crippen LogP contribution in [0.2, 0.25) is 0 Å². The zero-order chi connectivity index (χ0) is 13.5. The van der Waals surface area contributed by atoms with Crippen LogP contribution in [0.15, 0.2) is 24.3 Å². The zero-order valence-electron chi connectivity index (χ0n) is 10.3. The average molecular weight is 280 g/mol. The van der Waals surface area contributed by atoms with Crippen molar-refractivity contribution in [2.24, 2.45) is 0 Å². The monoisotopic (exact) mass is 279 g/mol. The van der Waals surface area contributed by atoms with Gasteiger partial charge in [-0.3, -0.25) is 4.79 Å². The lowest BCUT2D eigenvalue weighted by Gasteiger charge is -2.05. The summed E-state index contributed by atoms with van der Waals surface area (Å²) in [7, 11) is 0. The molecule has 2 aromatic rings. The molecule has 0 aliphatic rings. The van der Waals surface area contributed by atoms with E-state index in [0.29, 0.717) is 18.1 Å². The standard InChI is InChI=1S/C12H14ClN5O/c13-7-2-1-6-11(19)14-10-5-3-4-9(8-10)12-15-17-18-16-12/h3-5,8H,1-2,6-7H2,(H,14,19)(H,15,16,17,18). The van der Waals surface area contributed by atoms with Gasteiger partial charge in [-0.2, -0.15) is 5.21 Å². The SMILES string of the molecule is O=C(CCCCCl)Nc1cccc(-c2nn[nH]n2)c1. The number of carbonyl (C=O) groups excluding carboxylic acids is 1. The Morgan fingerprint density at radius 1 is 1.37 bits per heavy atom. The van der Waals surface area contributed by atoms with Gasteiger partial charge in [-0.1, -0.05) is 12.1 Å². The number of nitrogens with zero attached hydrogens (tertiary/aromatic N) is 3. The molecule has 0 bridgehead atoms. The molecule has 7 heteroatoms. The largest absolute Gasteiger partial charge is 0.326 e. The second-order valence-electron chi connectivity index (χ2n) is 4.01. The van der Waals surface area contributed by atoms with E-state index in [1.807, 2.05) is 24.3 Å². The third kappa shape index (κ3) is 4.03. The Bertz CT molecular complexity index is 529. The lowest BCUT2D eigenvalue weighted by molar-refractivity contribution is -0.116. The van der Waals surface area contributed by atoms with Crippen molar-refractivity contribution in [1.82, 2.24) is 20.6 Å². The molecule has 0 saturated heterocycles. The van der Waals surface area contributed by atoms with Crippen molar-refractivity contribution < 1.29 is 4.79 Å². The predicted octanol–water partition coefficient (Wildman–Crippen LogP) is 2.21. The number of halogens is 1. The summed E-state index contributed by atoms with van der Waals surface area (Å²) in [6, 6.07) is 7.32. The number of anilines is 1. The molecule has 100 valence electrons. The van der Waals surface area contributed by atoms with Crippen molar-refractivity contribution in [2.45, 2.75) is 19.3 Å². The summed E-state index contributed by atoms with van der Waals surface area (Å²) in [6.07, 6.45) is 2.11. The fourth-order valence-corrected chi connectivity index (χ4v) is 1.81. The molecule has 0 aliphatic carbocycles. The van der Waals surface area contributed by atoms with Crippen molar-refractivity contribution in [1.29, 1.82) is 0 Å². The van der Waals surface area contributed by atoms with Gasteiger partial charge in [-0.15, -0.1) is 21.8 Å². The van der Waals surface area contributed by atoms with Gasteiger partial charge < -0.3 is 5.32 Å². The Morgan fingerprint density at radius 2 is 2.26 bits per heavy atom. The first kappa shape index (κ1) is 13.5. The van der Waals surface area contributed by atoms with E-state index in [9.17, 15) is 4.79 Å². The van der Waals surface area contributed by atoms with Crippen molar-refractivity contribution in [2.75, 3.05) is 11.2 Å². The number of alkyl halides is 1. The highest BCUT2D eigenvalue weighted by atomic mass is 35.5. The molecule has 0 saturated carbocycles. The van der Waals surface area contributed by atoms with Crippen LogP contribution in [0.5, 0.6) is 0 Å². The lowest BCUT2D eigenvalue weighted by atomic mass is 10.2. The number of aromatic amines is 1. The number of benzene rings is 1. The minimum atomic E-state index is -0.0182. The van der Waals surface area contributed by atoms with Gasteiger partial charge in [0.15, 0.2) is 0 Å². The van der Waals surface area contributed by atoms with E-state index in [2.05, 4.69) is 25.9 Å². The molecule has 6 nitrogen and oxygen atoms in total. The highest BCUT2D eigenvalue weighted by Gasteiger charge is 2.06. The first-order valence-corrected chi connectivity index (χ1v) is 6.53. The number of amides is 1. The molecule has 2 rings (SSSR count). The number of aromatic nitrogens is 4. The topological polar surface area (TPSA) is 83.6 Å². The Labute approximate surface area is 115 Å². The number of H-pyrrole nitrogens is 1. The molecular weight excluding hydrogens is 266 g/mol. The van der Waals surface area contributed by atoms with Gasteiger partial charge in [0.25, 0.3) is 0 Å². The maximum Gasteiger partial charge on any atom is 0.224 e. The molecule has 1 aromatic heterocycles. The molecule has 0 unspecified atom stereocenters. The van der Waals surface area contributed by atoms with Gasteiger partial charge in [-0.25, -0.2) is 0 Å². The molecule has 1 aromatic carbocycles. The summed E-state index contributed by atoms with van der Waals surface area (Å²) in [5.74, 6) is 1.06. The lowest BCUT2D eigenvalue weighted by Crippen LogP contribution is -2.11. The predicted molar refractivity (Wildman–Crippen MR) is 72.8 cm³/mol. The molecule has 0 aliphatic heterocycles. The highest BCUT2D eigenvalue weighted by Crippen LogP contribution is 2.18. The van der Waals surface area contributed by atoms with Crippen LogP contribution in [0.3, 0.4) is 0 Å². The summed E-state index contributed by atoms with van der Waals surface area (Å²) in [4.78, 5) is 11.7. The van der Waals surface area contributed by atoms with Gasteiger partial charge in [0.05, 0.1) is 0 Å². The van der Waals surface area contributed by atoms with Crippen molar-refractivity contribution >= 4 is 23.2 Å². The van der Waals surface area contributed by atoms with E-state index in [1.54, 1.807) is 0 Å². The maximum atomic E-state index is 11.7. The first-order chi connectivity index (χ1) is 9.29. The Balaban J connectivity index is 1.97. The number of nitrogens with one attached hydrogen (secondary N) is 2. The number of hydrogen-bond donors (Lipinski definition) is 2. The fourth-order valence-electron chi connectivity index (χ4n) is 1.62. The van der Waals surface area contributed by atoms with Crippen molar-refractivity contribution in [3.63, 3.8) is 0 Å². The van der Waals surface area contributed by atoms with Gasteiger partial charge in [0, 0.05) is 23.6 Å². The molecule has 0 fully saturated rings.